The average molecular weight is 351 g/mol. The van der Waals surface area contributed by atoms with Crippen LogP contribution < -0.4 is 10.0 Å². The molecule has 4 nitrogen and oxygen atoms in total. The van der Waals surface area contributed by atoms with Crippen LogP contribution in [0.4, 0.5) is 0 Å². The lowest BCUT2D eigenvalue weighted by Gasteiger charge is -2.15. The predicted molar refractivity (Wildman–Crippen MR) is 86.4 cm³/mol. The van der Waals surface area contributed by atoms with Crippen LogP contribution in [0.2, 0.25) is 10.0 Å². The smallest absolute Gasteiger partial charge is 0.242 e. The lowest BCUT2D eigenvalue weighted by Crippen LogP contribution is -2.33. The minimum atomic E-state index is -3.61. The largest absolute Gasteiger partial charge is 0.313 e. The van der Waals surface area contributed by atoms with E-state index in [9.17, 15) is 8.42 Å². The minimum absolute atomic E-state index is 0.0129. The second-order valence-corrected chi connectivity index (χ2v) is 7.75. The molecule has 0 heterocycles. The molecule has 2 rings (SSSR count). The molecule has 0 saturated heterocycles. The van der Waals surface area contributed by atoms with Gasteiger partial charge in [-0.1, -0.05) is 43.0 Å². The maximum atomic E-state index is 12.5. The molecule has 0 unspecified atom stereocenters. The Morgan fingerprint density at radius 3 is 2.48 bits per heavy atom. The summed E-state index contributed by atoms with van der Waals surface area (Å²) in [4.78, 5) is 0.105. The van der Waals surface area contributed by atoms with Crippen molar-refractivity contribution in [2.45, 2.75) is 50.1 Å². The Hall–Kier alpha value is -0.330. The van der Waals surface area contributed by atoms with Crippen LogP contribution in [-0.4, -0.2) is 21.0 Å². The average Bonchev–Trinajstić information content (AvgIpc) is 2.89. The van der Waals surface area contributed by atoms with E-state index in [0.29, 0.717) is 11.6 Å². The minimum Gasteiger partial charge on any atom is -0.313 e. The number of nitrogens with one attached hydrogen (secondary N) is 2. The van der Waals surface area contributed by atoms with E-state index in [0.717, 1.165) is 37.8 Å². The Bertz CT molecular complexity index is 599. The van der Waals surface area contributed by atoms with E-state index in [1.54, 1.807) is 6.07 Å². The highest BCUT2D eigenvalue weighted by molar-refractivity contribution is 7.89. The molecule has 7 heteroatoms. The van der Waals surface area contributed by atoms with E-state index >= 15 is 0 Å². The standard InChI is InChI=1S/C14H20Cl2N2O2S/c1-2-17-9-10-7-14(13(16)8-12(10)15)21(19,20)18-11-5-3-4-6-11/h7-8,11,17-18H,2-6,9H2,1H3. The fraction of sp³-hybridized carbons (Fsp3) is 0.571. The summed E-state index contributed by atoms with van der Waals surface area (Å²) in [5.74, 6) is 0. The van der Waals surface area contributed by atoms with Gasteiger partial charge in [0.15, 0.2) is 0 Å². The highest BCUT2D eigenvalue weighted by atomic mass is 35.5. The fourth-order valence-electron chi connectivity index (χ4n) is 2.50. The van der Waals surface area contributed by atoms with Gasteiger partial charge in [0, 0.05) is 17.6 Å². The van der Waals surface area contributed by atoms with Crippen molar-refractivity contribution in [3.05, 3.63) is 27.7 Å². The van der Waals surface area contributed by atoms with Crippen LogP contribution in [0.15, 0.2) is 17.0 Å². The number of rotatable bonds is 6. The first-order valence-corrected chi connectivity index (χ1v) is 9.39. The maximum Gasteiger partial charge on any atom is 0.242 e. The highest BCUT2D eigenvalue weighted by Crippen LogP contribution is 2.30. The first-order valence-electron chi connectivity index (χ1n) is 7.15. The van der Waals surface area contributed by atoms with Gasteiger partial charge in [-0.15, -0.1) is 0 Å². The number of benzene rings is 1. The summed E-state index contributed by atoms with van der Waals surface area (Å²) in [7, 11) is -3.61. The summed E-state index contributed by atoms with van der Waals surface area (Å²) in [6, 6.07) is 3.07. The monoisotopic (exact) mass is 350 g/mol. The second-order valence-electron chi connectivity index (χ2n) is 5.26. The van der Waals surface area contributed by atoms with Gasteiger partial charge in [-0.2, -0.15) is 0 Å². The summed E-state index contributed by atoms with van der Waals surface area (Å²) in [5, 5.41) is 3.76. The van der Waals surface area contributed by atoms with E-state index in [1.807, 2.05) is 6.92 Å². The zero-order valence-electron chi connectivity index (χ0n) is 12.0. The molecule has 1 aliphatic carbocycles. The van der Waals surface area contributed by atoms with Crippen molar-refractivity contribution in [3.63, 3.8) is 0 Å². The second kappa shape index (κ2) is 7.29. The molecule has 21 heavy (non-hydrogen) atoms. The fourth-order valence-corrected chi connectivity index (χ4v) is 4.67. The van der Waals surface area contributed by atoms with Crippen molar-refractivity contribution < 1.29 is 8.42 Å². The molecule has 0 spiro atoms. The molecular weight excluding hydrogens is 331 g/mol. The molecule has 2 N–H and O–H groups in total. The van der Waals surface area contributed by atoms with Crippen LogP contribution in [0.5, 0.6) is 0 Å². The van der Waals surface area contributed by atoms with E-state index in [-0.39, 0.29) is 16.0 Å². The normalized spacial score (nSPS) is 16.5. The van der Waals surface area contributed by atoms with Crippen LogP contribution in [0.3, 0.4) is 0 Å². The molecule has 0 bridgehead atoms. The quantitative estimate of drug-likeness (QED) is 0.827. The van der Waals surface area contributed by atoms with Crippen LogP contribution in [0.1, 0.15) is 38.2 Å². The Kier molecular flexibility index (Phi) is 5.91. The van der Waals surface area contributed by atoms with Gasteiger partial charge in [0.1, 0.15) is 4.90 Å². The molecule has 1 aromatic carbocycles. The Labute approximate surface area is 136 Å². The maximum absolute atomic E-state index is 12.5. The van der Waals surface area contributed by atoms with Gasteiger partial charge in [-0.25, -0.2) is 13.1 Å². The van der Waals surface area contributed by atoms with E-state index in [4.69, 9.17) is 23.2 Å². The molecule has 0 aliphatic heterocycles. The molecule has 1 saturated carbocycles. The first kappa shape index (κ1) is 17.0. The predicted octanol–water partition coefficient (Wildman–Crippen LogP) is 3.32. The van der Waals surface area contributed by atoms with Crippen LogP contribution in [0, 0.1) is 0 Å². The molecule has 0 aromatic heterocycles. The topological polar surface area (TPSA) is 58.2 Å². The van der Waals surface area contributed by atoms with Crippen LogP contribution >= 0.6 is 23.2 Å². The highest BCUT2D eigenvalue weighted by Gasteiger charge is 2.25. The molecule has 0 radical (unpaired) electrons. The Morgan fingerprint density at radius 2 is 1.86 bits per heavy atom. The van der Waals surface area contributed by atoms with Crippen molar-refractivity contribution in [1.29, 1.82) is 0 Å². The molecule has 118 valence electrons. The third-order valence-electron chi connectivity index (χ3n) is 3.63. The SMILES string of the molecule is CCNCc1cc(S(=O)(=O)NC2CCCC2)c(Cl)cc1Cl. The van der Waals surface area contributed by atoms with E-state index < -0.39 is 10.0 Å². The van der Waals surface area contributed by atoms with Gasteiger partial charge in [0.25, 0.3) is 0 Å². The van der Waals surface area contributed by atoms with E-state index in [2.05, 4.69) is 10.0 Å². The van der Waals surface area contributed by atoms with Gasteiger partial charge < -0.3 is 5.32 Å². The van der Waals surface area contributed by atoms with Crippen molar-refractivity contribution in [2.75, 3.05) is 6.54 Å². The molecule has 0 atom stereocenters. The van der Waals surface area contributed by atoms with E-state index in [1.165, 1.54) is 6.07 Å². The summed E-state index contributed by atoms with van der Waals surface area (Å²) in [6.07, 6.45) is 3.89. The lowest BCUT2D eigenvalue weighted by molar-refractivity contribution is 0.552. The van der Waals surface area contributed by atoms with Gasteiger partial charge in [-0.05, 0) is 37.1 Å². The zero-order valence-corrected chi connectivity index (χ0v) is 14.3. The van der Waals surface area contributed by atoms with Crippen LogP contribution in [-0.2, 0) is 16.6 Å². The number of hydrogen-bond donors (Lipinski definition) is 2. The zero-order chi connectivity index (χ0) is 15.5. The third-order valence-corrected chi connectivity index (χ3v) is 5.97. The molecule has 1 aromatic rings. The summed E-state index contributed by atoms with van der Waals surface area (Å²) < 4.78 is 27.7. The van der Waals surface area contributed by atoms with Crippen molar-refractivity contribution in [2.24, 2.45) is 0 Å². The number of sulfonamides is 1. The Balaban J connectivity index is 2.28. The van der Waals surface area contributed by atoms with Crippen molar-refractivity contribution in [3.8, 4) is 0 Å². The van der Waals surface area contributed by atoms with Crippen molar-refractivity contribution >= 4 is 33.2 Å². The molecule has 1 aliphatic rings. The van der Waals surface area contributed by atoms with Crippen molar-refractivity contribution in [1.82, 2.24) is 10.0 Å². The summed E-state index contributed by atoms with van der Waals surface area (Å²) >= 11 is 12.2. The van der Waals surface area contributed by atoms with Crippen LogP contribution in [0.25, 0.3) is 0 Å². The van der Waals surface area contributed by atoms with Gasteiger partial charge >= 0.3 is 0 Å². The lowest BCUT2D eigenvalue weighted by atomic mass is 10.2. The molecule has 1 fully saturated rings. The molecule has 0 amide bonds. The first-order chi connectivity index (χ1) is 9.94. The molecular formula is C14H20Cl2N2O2S. The van der Waals surface area contributed by atoms with Gasteiger partial charge in [-0.3, -0.25) is 0 Å². The summed E-state index contributed by atoms with van der Waals surface area (Å²) in [6.45, 7) is 3.27. The van der Waals surface area contributed by atoms with Gasteiger partial charge in [0.05, 0.1) is 5.02 Å². The number of hydrogen-bond acceptors (Lipinski definition) is 3. The Morgan fingerprint density at radius 1 is 1.19 bits per heavy atom. The third kappa shape index (κ3) is 4.33. The number of halogens is 2. The van der Waals surface area contributed by atoms with Gasteiger partial charge in [0.2, 0.25) is 10.0 Å². The summed E-state index contributed by atoms with van der Waals surface area (Å²) in [5.41, 5.74) is 0.731.